The summed E-state index contributed by atoms with van der Waals surface area (Å²) in [6.07, 6.45) is 7.64. The molecular weight excluding hydrogens is 340 g/mol. The lowest BCUT2D eigenvalue weighted by Crippen LogP contribution is -2.43. The molecule has 0 aromatic carbocycles. The van der Waals surface area contributed by atoms with Crippen LogP contribution in [0, 0.1) is 11.8 Å². The van der Waals surface area contributed by atoms with Crippen LogP contribution >= 0.6 is 23.1 Å². The van der Waals surface area contributed by atoms with Gasteiger partial charge in [0.15, 0.2) is 4.34 Å². The van der Waals surface area contributed by atoms with Crippen molar-refractivity contribution in [3.05, 3.63) is 0 Å². The number of aromatic nitrogens is 2. The lowest BCUT2D eigenvalue weighted by Gasteiger charge is -2.34. The van der Waals surface area contributed by atoms with E-state index in [1.165, 1.54) is 50.3 Å². The van der Waals surface area contributed by atoms with Crippen LogP contribution in [0.2, 0.25) is 0 Å². The molecule has 1 N–H and O–H groups in total. The molecule has 1 aromatic heterocycles. The Morgan fingerprint density at radius 2 is 1.92 bits per heavy atom. The number of anilines is 1. The quantitative estimate of drug-likeness (QED) is 0.799. The summed E-state index contributed by atoms with van der Waals surface area (Å²) in [5, 5.41) is 12.9. The number of carbonyl (C=O) groups is 1. The predicted molar refractivity (Wildman–Crippen MR) is 101 cm³/mol. The molecule has 3 rings (SSSR count). The largest absolute Gasteiger partial charge is 0.357 e. The third-order valence-corrected chi connectivity index (χ3v) is 6.85. The number of nitrogens with zero attached hydrogens (tertiary/aromatic N) is 3. The van der Waals surface area contributed by atoms with Gasteiger partial charge in [-0.25, -0.2) is 0 Å². The van der Waals surface area contributed by atoms with Crippen LogP contribution < -0.4 is 5.32 Å². The van der Waals surface area contributed by atoms with Crippen molar-refractivity contribution in [3.63, 3.8) is 0 Å². The molecule has 7 heteroatoms. The highest BCUT2D eigenvalue weighted by Gasteiger charge is 2.25. The second-order valence-corrected chi connectivity index (χ2v) is 9.59. The number of rotatable bonds is 5. The van der Waals surface area contributed by atoms with Gasteiger partial charge in [-0.3, -0.25) is 4.79 Å². The highest BCUT2D eigenvalue weighted by Crippen LogP contribution is 2.29. The molecule has 5 nitrogen and oxygen atoms in total. The minimum Gasteiger partial charge on any atom is -0.357 e. The molecule has 2 fully saturated rings. The molecule has 1 aromatic rings. The van der Waals surface area contributed by atoms with Gasteiger partial charge in [0.1, 0.15) is 0 Å². The molecular formula is C17H28N4OS2. The summed E-state index contributed by atoms with van der Waals surface area (Å²) < 4.78 is 0.889. The Morgan fingerprint density at radius 3 is 2.62 bits per heavy atom. The molecule has 1 aliphatic carbocycles. The summed E-state index contributed by atoms with van der Waals surface area (Å²) in [7, 11) is 0. The summed E-state index contributed by atoms with van der Waals surface area (Å²) in [6.45, 7) is 6.26. The molecule has 1 saturated carbocycles. The number of amides is 1. The fourth-order valence-electron chi connectivity index (χ4n) is 3.83. The first kappa shape index (κ1) is 18.0. The molecule has 0 unspecified atom stereocenters. The van der Waals surface area contributed by atoms with Gasteiger partial charge in [-0.1, -0.05) is 56.2 Å². The highest BCUT2D eigenvalue weighted by molar-refractivity contribution is 8.01. The standard InChI is InChI=1S/C17H28N4OS2/c1-12-8-13(2)10-21(9-12)15(22)11-23-17-20-19-16(24-17)18-14-6-4-3-5-7-14/h12-14H,3-11H2,1-2H3,(H,18,19)/t12-,13-/m1/s1. The van der Waals surface area contributed by atoms with Gasteiger partial charge in [-0.2, -0.15) is 0 Å². The van der Waals surface area contributed by atoms with Crippen LogP contribution in [0.5, 0.6) is 0 Å². The maximum Gasteiger partial charge on any atom is 0.233 e. The molecule has 134 valence electrons. The summed E-state index contributed by atoms with van der Waals surface area (Å²) in [4.78, 5) is 14.5. The van der Waals surface area contributed by atoms with Gasteiger partial charge in [0.05, 0.1) is 5.75 Å². The first-order valence-electron chi connectivity index (χ1n) is 9.10. The molecule has 1 saturated heterocycles. The number of carbonyl (C=O) groups excluding carboxylic acids is 1. The average Bonchev–Trinajstić information content (AvgIpc) is 3.00. The third-order valence-electron chi connectivity index (χ3n) is 4.88. The van der Waals surface area contributed by atoms with E-state index in [9.17, 15) is 4.79 Å². The maximum atomic E-state index is 12.4. The summed E-state index contributed by atoms with van der Waals surface area (Å²) in [5.41, 5.74) is 0. The van der Waals surface area contributed by atoms with Crippen molar-refractivity contribution >= 4 is 34.1 Å². The lowest BCUT2D eigenvalue weighted by atomic mass is 9.92. The summed E-state index contributed by atoms with van der Waals surface area (Å²) in [5.74, 6) is 1.92. The van der Waals surface area contributed by atoms with E-state index in [2.05, 4.69) is 29.4 Å². The van der Waals surface area contributed by atoms with Crippen LogP contribution in [0.15, 0.2) is 4.34 Å². The van der Waals surface area contributed by atoms with E-state index >= 15 is 0 Å². The van der Waals surface area contributed by atoms with Gasteiger partial charge >= 0.3 is 0 Å². The van der Waals surface area contributed by atoms with Gasteiger partial charge in [-0.05, 0) is 31.1 Å². The van der Waals surface area contributed by atoms with Crippen LogP contribution in [0.3, 0.4) is 0 Å². The number of likely N-dealkylation sites (tertiary alicyclic amines) is 1. The van der Waals surface area contributed by atoms with Gasteiger partial charge in [-0.15, -0.1) is 10.2 Å². The Hall–Kier alpha value is -0.820. The number of hydrogen-bond acceptors (Lipinski definition) is 6. The predicted octanol–water partition coefficient (Wildman–Crippen LogP) is 3.88. The van der Waals surface area contributed by atoms with Crippen LogP contribution in [0.25, 0.3) is 0 Å². The Balaban J connectivity index is 1.45. The Labute approximate surface area is 153 Å². The van der Waals surface area contributed by atoms with Crippen molar-refractivity contribution in [2.75, 3.05) is 24.2 Å². The Bertz CT molecular complexity index is 534. The second-order valence-electron chi connectivity index (χ2n) is 7.39. The van der Waals surface area contributed by atoms with Crippen molar-refractivity contribution in [1.82, 2.24) is 15.1 Å². The van der Waals surface area contributed by atoms with E-state index in [-0.39, 0.29) is 5.91 Å². The van der Waals surface area contributed by atoms with Crippen LogP contribution in [0.1, 0.15) is 52.4 Å². The SMILES string of the molecule is C[C@@H]1C[C@@H](C)CN(C(=O)CSc2nnc(NC3CCCCC3)s2)C1. The second kappa shape index (κ2) is 8.52. The summed E-state index contributed by atoms with van der Waals surface area (Å²) in [6, 6.07) is 0.544. The van der Waals surface area contributed by atoms with E-state index in [4.69, 9.17) is 0 Å². The fourth-order valence-corrected chi connectivity index (χ4v) is 5.56. The van der Waals surface area contributed by atoms with Crippen molar-refractivity contribution in [3.8, 4) is 0 Å². The number of nitrogens with one attached hydrogen (secondary N) is 1. The number of hydrogen-bond donors (Lipinski definition) is 1. The van der Waals surface area contributed by atoms with Crippen LogP contribution in [0.4, 0.5) is 5.13 Å². The highest BCUT2D eigenvalue weighted by atomic mass is 32.2. The first-order chi connectivity index (χ1) is 11.6. The number of piperidine rings is 1. The van der Waals surface area contributed by atoms with Gasteiger partial charge in [0, 0.05) is 19.1 Å². The van der Waals surface area contributed by atoms with Crippen LogP contribution in [-0.4, -0.2) is 45.9 Å². The van der Waals surface area contributed by atoms with Crippen LogP contribution in [-0.2, 0) is 4.79 Å². The number of thioether (sulfide) groups is 1. The van der Waals surface area contributed by atoms with Gasteiger partial charge < -0.3 is 10.2 Å². The van der Waals surface area contributed by atoms with E-state index in [1.54, 1.807) is 11.3 Å². The Kier molecular flexibility index (Phi) is 6.38. The van der Waals surface area contributed by atoms with Gasteiger partial charge in [0.25, 0.3) is 0 Å². The molecule has 2 heterocycles. The van der Waals surface area contributed by atoms with E-state index in [1.807, 2.05) is 4.90 Å². The molecule has 24 heavy (non-hydrogen) atoms. The first-order valence-corrected chi connectivity index (χ1v) is 10.9. The lowest BCUT2D eigenvalue weighted by molar-refractivity contribution is -0.130. The average molecular weight is 369 g/mol. The minimum absolute atomic E-state index is 0.232. The molecule has 0 bridgehead atoms. The van der Waals surface area contributed by atoms with Crippen molar-refractivity contribution in [2.45, 2.75) is 62.8 Å². The third kappa shape index (κ3) is 5.09. The van der Waals surface area contributed by atoms with E-state index in [0.29, 0.717) is 23.6 Å². The molecule has 1 amide bonds. The minimum atomic E-state index is 0.232. The fraction of sp³-hybridized carbons (Fsp3) is 0.824. The smallest absolute Gasteiger partial charge is 0.233 e. The monoisotopic (exact) mass is 368 g/mol. The molecule has 0 spiro atoms. The van der Waals surface area contributed by atoms with Gasteiger partial charge in [0.2, 0.25) is 11.0 Å². The molecule has 2 atom stereocenters. The zero-order valence-corrected chi connectivity index (χ0v) is 16.3. The maximum absolute atomic E-state index is 12.4. The zero-order valence-electron chi connectivity index (χ0n) is 14.7. The van der Waals surface area contributed by atoms with E-state index in [0.717, 1.165) is 22.6 Å². The normalized spacial score (nSPS) is 25.7. The summed E-state index contributed by atoms with van der Waals surface area (Å²) >= 11 is 3.10. The zero-order chi connectivity index (χ0) is 16.9. The van der Waals surface area contributed by atoms with Crippen molar-refractivity contribution < 1.29 is 4.79 Å². The topological polar surface area (TPSA) is 58.1 Å². The van der Waals surface area contributed by atoms with E-state index < -0.39 is 0 Å². The van der Waals surface area contributed by atoms with Crippen molar-refractivity contribution in [1.29, 1.82) is 0 Å². The Morgan fingerprint density at radius 1 is 1.21 bits per heavy atom. The van der Waals surface area contributed by atoms with Crippen molar-refractivity contribution in [2.24, 2.45) is 11.8 Å². The molecule has 0 radical (unpaired) electrons. The molecule has 2 aliphatic rings. The molecule has 1 aliphatic heterocycles.